The molecule has 0 saturated carbocycles. The first-order chi connectivity index (χ1) is 4.74. The molecule has 1 heterocycles. The zero-order valence-corrected chi connectivity index (χ0v) is 5.68. The summed E-state index contributed by atoms with van der Waals surface area (Å²) in [5.41, 5.74) is -0.295. The van der Waals surface area contributed by atoms with E-state index >= 15 is 0 Å². The second kappa shape index (κ2) is 2.45. The Balaban J connectivity index is 3.53. The van der Waals surface area contributed by atoms with Crippen LogP contribution >= 0.6 is 12.2 Å². The zero-order valence-electron chi connectivity index (χ0n) is 4.87. The monoisotopic (exact) mass is 153 g/mol. The average molecular weight is 153 g/mol. The van der Waals surface area contributed by atoms with Gasteiger partial charge in [0.25, 0.3) is 5.56 Å². The van der Waals surface area contributed by atoms with Gasteiger partial charge in [-0.25, -0.2) is 4.57 Å². The van der Waals surface area contributed by atoms with E-state index in [4.69, 9.17) is 5.26 Å². The molecular weight excluding hydrogens is 150 g/mol. The van der Waals surface area contributed by atoms with E-state index in [0.717, 1.165) is 4.57 Å². The summed E-state index contributed by atoms with van der Waals surface area (Å²) in [7, 11) is 0. The maximum atomic E-state index is 10.5. The summed E-state index contributed by atoms with van der Waals surface area (Å²) in [5, 5.41) is 8.33. The van der Waals surface area contributed by atoms with E-state index in [9.17, 15) is 4.79 Å². The highest BCUT2D eigenvalue weighted by atomic mass is 32.1. The molecule has 0 aliphatic carbocycles. The average Bonchev–Trinajstić information content (AvgIpc) is 1.88. The van der Waals surface area contributed by atoms with Gasteiger partial charge in [0, 0.05) is 12.3 Å². The lowest BCUT2D eigenvalue weighted by molar-refractivity contribution is 0.952. The van der Waals surface area contributed by atoms with Crippen LogP contribution in [0.4, 0.5) is 0 Å². The van der Waals surface area contributed by atoms with Crippen molar-refractivity contribution in [3.8, 4) is 6.19 Å². The quantitative estimate of drug-likeness (QED) is 0.543. The lowest BCUT2D eigenvalue weighted by atomic mass is 10.6. The molecule has 1 rings (SSSR count). The molecular formula is C5H3N3OS. The Kier molecular flexibility index (Phi) is 1.65. The van der Waals surface area contributed by atoms with E-state index in [1.165, 1.54) is 12.3 Å². The third-order valence-corrected chi connectivity index (χ3v) is 1.23. The van der Waals surface area contributed by atoms with Crippen molar-refractivity contribution < 1.29 is 0 Å². The fraction of sp³-hybridized carbons (Fsp3) is 0. The van der Waals surface area contributed by atoms with Gasteiger partial charge >= 0.3 is 0 Å². The van der Waals surface area contributed by atoms with Crippen LogP contribution < -0.4 is 5.56 Å². The highest BCUT2D eigenvalue weighted by molar-refractivity contribution is 7.71. The van der Waals surface area contributed by atoms with E-state index in [1.807, 2.05) is 0 Å². The molecule has 0 aliphatic rings. The van der Waals surface area contributed by atoms with E-state index in [1.54, 1.807) is 6.19 Å². The molecule has 0 spiro atoms. The van der Waals surface area contributed by atoms with Crippen molar-refractivity contribution >= 4 is 12.2 Å². The Labute approximate surface area is 61.4 Å². The number of aromatic nitrogens is 2. The second-order valence-electron chi connectivity index (χ2n) is 1.58. The lowest BCUT2D eigenvalue weighted by Gasteiger charge is -1.88. The fourth-order valence-corrected chi connectivity index (χ4v) is 0.698. The van der Waals surface area contributed by atoms with E-state index < -0.39 is 0 Å². The number of hydrogen-bond donors (Lipinski definition) is 1. The van der Waals surface area contributed by atoms with E-state index in [0.29, 0.717) is 0 Å². The largest absolute Gasteiger partial charge is 0.298 e. The van der Waals surface area contributed by atoms with Crippen LogP contribution in [0.1, 0.15) is 0 Å². The van der Waals surface area contributed by atoms with Crippen LogP contribution in [0.5, 0.6) is 0 Å². The van der Waals surface area contributed by atoms with Crippen LogP contribution in [0.25, 0.3) is 0 Å². The smallest absolute Gasteiger partial charge is 0.251 e. The Morgan fingerprint density at radius 1 is 1.80 bits per heavy atom. The second-order valence-corrected chi connectivity index (χ2v) is 1.97. The summed E-state index contributed by atoms with van der Waals surface area (Å²) in [6.07, 6.45) is 3.09. The lowest BCUT2D eigenvalue weighted by Crippen LogP contribution is -2.07. The summed E-state index contributed by atoms with van der Waals surface area (Å²) < 4.78 is 1.21. The molecule has 1 aromatic rings. The van der Waals surface area contributed by atoms with Gasteiger partial charge in [0.15, 0.2) is 11.0 Å². The van der Waals surface area contributed by atoms with Crippen molar-refractivity contribution in [2.45, 2.75) is 0 Å². The molecule has 0 fully saturated rings. The normalized spacial score (nSPS) is 8.70. The molecule has 5 heteroatoms. The van der Waals surface area contributed by atoms with Crippen molar-refractivity contribution in [1.29, 1.82) is 5.26 Å². The topological polar surface area (TPSA) is 61.6 Å². The molecule has 0 atom stereocenters. The molecule has 0 unspecified atom stereocenters. The van der Waals surface area contributed by atoms with Gasteiger partial charge in [-0.15, -0.1) is 0 Å². The predicted octanol–water partition coefficient (Wildman–Crippen LogP) is 0.235. The van der Waals surface area contributed by atoms with Crippen molar-refractivity contribution in [3.05, 3.63) is 27.4 Å². The number of nitrogens with zero attached hydrogens (tertiary/aromatic N) is 2. The third-order valence-electron chi connectivity index (χ3n) is 0.932. The first-order valence-corrected chi connectivity index (χ1v) is 2.87. The SMILES string of the molecule is N#Cn1ccc(=O)[nH]c1=S. The maximum absolute atomic E-state index is 10.5. The number of rotatable bonds is 0. The Morgan fingerprint density at radius 2 is 2.50 bits per heavy atom. The van der Waals surface area contributed by atoms with Crippen LogP contribution in [0.15, 0.2) is 17.1 Å². The van der Waals surface area contributed by atoms with Crippen molar-refractivity contribution in [3.63, 3.8) is 0 Å². The van der Waals surface area contributed by atoms with Gasteiger partial charge in [-0.05, 0) is 12.2 Å². The molecule has 50 valence electrons. The van der Waals surface area contributed by atoms with Gasteiger partial charge < -0.3 is 0 Å². The summed E-state index contributed by atoms with van der Waals surface area (Å²) in [5.74, 6) is 0. The number of H-pyrrole nitrogens is 1. The molecule has 4 nitrogen and oxygen atoms in total. The van der Waals surface area contributed by atoms with E-state index in [-0.39, 0.29) is 10.3 Å². The Hall–Kier alpha value is -1.41. The predicted molar refractivity (Wildman–Crippen MR) is 36.9 cm³/mol. The minimum atomic E-state index is -0.295. The molecule has 0 aliphatic heterocycles. The Bertz CT molecular complexity index is 383. The summed E-state index contributed by atoms with van der Waals surface area (Å²) >= 11 is 4.62. The van der Waals surface area contributed by atoms with Crippen molar-refractivity contribution in [1.82, 2.24) is 9.55 Å². The first kappa shape index (κ1) is 6.71. The number of aromatic amines is 1. The number of hydrogen-bond acceptors (Lipinski definition) is 3. The van der Waals surface area contributed by atoms with E-state index in [2.05, 4.69) is 17.2 Å². The Morgan fingerprint density at radius 3 is 3.00 bits per heavy atom. The molecule has 0 radical (unpaired) electrons. The molecule has 0 bridgehead atoms. The van der Waals surface area contributed by atoms with Gasteiger partial charge in [0.1, 0.15) is 0 Å². The maximum Gasteiger partial charge on any atom is 0.251 e. The van der Waals surface area contributed by atoms with Crippen LogP contribution in [0.2, 0.25) is 0 Å². The van der Waals surface area contributed by atoms with Crippen molar-refractivity contribution in [2.75, 3.05) is 0 Å². The van der Waals surface area contributed by atoms with Crippen molar-refractivity contribution in [2.24, 2.45) is 0 Å². The van der Waals surface area contributed by atoms with Crippen LogP contribution in [0, 0.1) is 16.2 Å². The highest BCUT2D eigenvalue weighted by Crippen LogP contribution is 1.79. The van der Waals surface area contributed by atoms with Crippen LogP contribution in [0.3, 0.4) is 0 Å². The van der Waals surface area contributed by atoms with Gasteiger partial charge in [-0.3, -0.25) is 9.78 Å². The minimum absolute atomic E-state index is 0.120. The van der Waals surface area contributed by atoms with Gasteiger partial charge in [-0.2, -0.15) is 5.26 Å². The molecule has 1 aromatic heterocycles. The minimum Gasteiger partial charge on any atom is -0.298 e. The van der Waals surface area contributed by atoms with Gasteiger partial charge in [0.05, 0.1) is 0 Å². The summed E-state index contributed by atoms with van der Waals surface area (Å²) in [6, 6.07) is 1.24. The summed E-state index contributed by atoms with van der Waals surface area (Å²) in [4.78, 5) is 12.8. The van der Waals surface area contributed by atoms with Gasteiger partial charge in [0.2, 0.25) is 0 Å². The summed E-state index contributed by atoms with van der Waals surface area (Å²) in [6.45, 7) is 0. The molecule has 1 N–H and O–H groups in total. The first-order valence-electron chi connectivity index (χ1n) is 2.46. The van der Waals surface area contributed by atoms with Gasteiger partial charge in [-0.1, -0.05) is 0 Å². The molecule has 10 heavy (non-hydrogen) atoms. The van der Waals surface area contributed by atoms with Crippen LogP contribution in [-0.2, 0) is 0 Å². The van der Waals surface area contributed by atoms with Crippen LogP contribution in [-0.4, -0.2) is 9.55 Å². The molecule has 0 saturated heterocycles. The molecule has 0 amide bonds. The highest BCUT2D eigenvalue weighted by Gasteiger charge is 1.86. The standard InChI is InChI=1S/C5H3N3OS/c6-3-8-2-1-4(9)7-5(8)10/h1-2H,(H,7,9,10). The number of nitriles is 1. The third kappa shape index (κ3) is 1.11. The molecule has 0 aromatic carbocycles. The zero-order chi connectivity index (χ0) is 7.56. The fourth-order valence-electron chi connectivity index (χ4n) is 0.496. The number of nitrogens with one attached hydrogen (secondary N) is 1.